The summed E-state index contributed by atoms with van der Waals surface area (Å²) in [7, 11) is 0. The number of piperidine rings is 1. The number of likely N-dealkylation sites (tertiary alicyclic amines) is 1. The van der Waals surface area contributed by atoms with Crippen LogP contribution in [0.5, 0.6) is 0 Å². The van der Waals surface area contributed by atoms with Crippen LogP contribution in [-0.2, 0) is 0 Å². The van der Waals surface area contributed by atoms with Gasteiger partial charge in [-0.15, -0.1) is 0 Å². The maximum atomic E-state index is 5.12. The maximum absolute atomic E-state index is 5.12. The smallest absolute Gasteiger partial charge is 0.0110 e. The summed E-state index contributed by atoms with van der Waals surface area (Å²) < 4.78 is 0. The summed E-state index contributed by atoms with van der Waals surface area (Å²) in [4.78, 5) is 2.52. The van der Waals surface area contributed by atoms with Gasteiger partial charge in [-0.3, -0.25) is 0 Å². The molecule has 0 aromatic heterocycles. The third-order valence-corrected chi connectivity index (χ3v) is 2.93. The lowest BCUT2D eigenvalue weighted by molar-refractivity contribution is 0.188. The first-order chi connectivity index (χ1) is 7.36. The Kier molecular flexibility index (Phi) is 9.41. The molecule has 1 heterocycles. The molecule has 0 atom stereocenters. The van der Waals surface area contributed by atoms with Gasteiger partial charge in [-0.25, -0.2) is 0 Å². The molecule has 2 N–H and O–H groups in total. The predicted molar refractivity (Wildman–Crippen MR) is 67.4 cm³/mol. The van der Waals surface area contributed by atoms with Gasteiger partial charge in [0.1, 0.15) is 0 Å². The summed E-state index contributed by atoms with van der Waals surface area (Å²) in [6.07, 6.45) is 4.91. The van der Waals surface area contributed by atoms with Gasteiger partial charge >= 0.3 is 0 Å². The van der Waals surface area contributed by atoms with Crippen molar-refractivity contribution in [3.63, 3.8) is 0 Å². The molecule has 0 saturated carbocycles. The van der Waals surface area contributed by atoms with E-state index in [4.69, 9.17) is 5.73 Å². The first kappa shape index (κ1) is 14.3. The van der Waals surface area contributed by atoms with Crippen molar-refractivity contribution in [2.75, 3.05) is 19.6 Å². The lowest BCUT2D eigenvalue weighted by Gasteiger charge is -2.30. The van der Waals surface area contributed by atoms with Gasteiger partial charge in [-0.2, -0.15) is 0 Å². The number of hydrogen-bond donors (Lipinski definition) is 1. The molecular formula is C13H26N2. The minimum Gasteiger partial charge on any atom is -0.359 e. The van der Waals surface area contributed by atoms with Crippen LogP contribution in [0.25, 0.3) is 0 Å². The quantitative estimate of drug-likeness (QED) is 0.572. The predicted octanol–water partition coefficient (Wildman–Crippen LogP) is 2.44. The molecule has 1 aliphatic rings. The molecule has 0 amide bonds. The van der Waals surface area contributed by atoms with E-state index in [0.717, 1.165) is 12.3 Å². The minimum absolute atomic E-state index is 0.892. The molecule has 0 radical (unpaired) electrons. The highest BCUT2D eigenvalue weighted by Crippen LogP contribution is 2.21. The third-order valence-electron chi connectivity index (χ3n) is 2.93. The van der Waals surface area contributed by atoms with E-state index in [9.17, 15) is 0 Å². The average molecular weight is 210 g/mol. The minimum atomic E-state index is 0.892. The van der Waals surface area contributed by atoms with Gasteiger partial charge in [0, 0.05) is 12.5 Å². The largest absolute Gasteiger partial charge is 0.359 e. The first-order valence-electron chi connectivity index (χ1n) is 6.27. The van der Waals surface area contributed by atoms with Crippen molar-refractivity contribution in [1.29, 1.82) is 0 Å². The van der Waals surface area contributed by atoms with Crippen LogP contribution in [0.15, 0.2) is 0 Å². The second-order valence-corrected chi connectivity index (χ2v) is 3.74. The van der Waals surface area contributed by atoms with E-state index in [0.29, 0.717) is 0 Å². The van der Waals surface area contributed by atoms with Crippen LogP contribution >= 0.6 is 0 Å². The van der Waals surface area contributed by atoms with Crippen molar-refractivity contribution in [2.24, 2.45) is 11.7 Å². The maximum Gasteiger partial charge on any atom is 0.0110 e. The fraction of sp³-hybridized carbons (Fsp3) is 0.846. The lowest BCUT2D eigenvalue weighted by atomic mass is 9.92. The zero-order valence-corrected chi connectivity index (χ0v) is 10.6. The molecule has 2 nitrogen and oxygen atoms in total. The summed E-state index contributed by atoms with van der Waals surface area (Å²) in [6.45, 7) is 9.99. The van der Waals surface area contributed by atoms with E-state index in [1.165, 1.54) is 38.9 Å². The van der Waals surface area contributed by atoms with E-state index >= 15 is 0 Å². The van der Waals surface area contributed by atoms with E-state index in [1.807, 2.05) is 13.8 Å². The Morgan fingerprint density at radius 3 is 2.33 bits per heavy atom. The molecule has 0 spiro atoms. The SMILES string of the molecule is CC.CCN1CCC(CCC#CN)CC1. The van der Waals surface area contributed by atoms with Crippen LogP contribution in [0.1, 0.15) is 46.5 Å². The van der Waals surface area contributed by atoms with Gasteiger partial charge in [0.05, 0.1) is 0 Å². The van der Waals surface area contributed by atoms with Gasteiger partial charge in [0.25, 0.3) is 0 Å². The molecule has 2 heteroatoms. The summed E-state index contributed by atoms with van der Waals surface area (Å²) in [5.41, 5.74) is 5.12. The zero-order chi connectivity index (χ0) is 11.5. The zero-order valence-electron chi connectivity index (χ0n) is 10.6. The van der Waals surface area contributed by atoms with Crippen LogP contribution in [-0.4, -0.2) is 24.5 Å². The molecule has 0 aromatic rings. The monoisotopic (exact) mass is 210 g/mol. The van der Waals surface area contributed by atoms with E-state index in [2.05, 4.69) is 23.8 Å². The van der Waals surface area contributed by atoms with Gasteiger partial charge < -0.3 is 10.6 Å². The topological polar surface area (TPSA) is 29.3 Å². The highest BCUT2D eigenvalue weighted by molar-refractivity contribution is 4.94. The number of hydrogen-bond acceptors (Lipinski definition) is 2. The lowest BCUT2D eigenvalue weighted by Crippen LogP contribution is -2.33. The second kappa shape index (κ2) is 9.86. The summed E-state index contributed by atoms with van der Waals surface area (Å²) in [6, 6.07) is 2.47. The van der Waals surface area contributed by atoms with Gasteiger partial charge in [0.2, 0.25) is 0 Å². The standard InChI is InChI=1S/C11H20N2.C2H6/c1-2-13-9-6-11(7-10-13)5-3-4-8-12;1-2/h11H,2-3,5-7,9-10,12H2,1H3;1-2H3. The van der Waals surface area contributed by atoms with Crippen LogP contribution in [0.2, 0.25) is 0 Å². The second-order valence-electron chi connectivity index (χ2n) is 3.74. The van der Waals surface area contributed by atoms with E-state index < -0.39 is 0 Å². The Bertz CT molecular complexity index is 182. The summed E-state index contributed by atoms with van der Waals surface area (Å²) >= 11 is 0. The Balaban J connectivity index is 0.000000921. The van der Waals surface area contributed by atoms with Gasteiger partial charge in [0.15, 0.2) is 0 Å². The molecule has 1 saturated heterocycles. The molecular weight excluding hydrogens is 184 g/mol. The van der Waals surface area contributed by atoms with Gasteiger partial charge in [-0.1, -0.05) is 26.7 Å². The Morgan fingerprint density at radius 2 is 1.87 bits per heavy atom. The summed E-state index contributed by atoms with van der Waals surface area (Å²) in [5, 5.41) is 0. The number of rotatable bonds is 3. The van der Waals surface area contributed by atoms with Crippen LogP contribution in [0.4, 0.5) is 0 Å². The van der Waals surface area contributed by atoms with Crippen molar-refractivity contribution >= 4 is 0 Å². The molecule has 88 valence electrons. The number of nitrogens with zero attached hydrogens (tertiary/aromatic N) is 1. The molecule has 0 aliphatic carbocycles. The van der Waals surface area contributed by atoms with E-state index in [-0.39, 0.29) is 0 Å². The average Bonchev–Trinajstić information content (AvgIpc) is 2.33. The molecule has 15 heavy (non-hydrogen) atoms. The highest BCUT2D eigenvalue weighted by Gasteiger charge is 2.16. The van der Waals surface area contributed by atoms with Crippen molar-refractivity contribution < 1.29 is 0 Å². The van der Waals surface area contributed by atoms with Crippen molar-refractivity contribution in [1.82, 2.24) is 4.90 Å². The Hall–Kier alpha value is -0.680. The first-order valence-corrected chi connectivity index (χ1v) is 6.27. The van der Waals surface area contributed by atoms with Crippen molar-refractivity contribution in [3.05, 3.63) is 0 Å². The van der Waals surface area contributed by atoms with Crippen molar-refractivity contribution in [3.8, 4) is 12.0 Å². The van der Waals surface area contributed by atoms with E-state index in [1.54, 1.807) is 0 Å². The number of nitrogens with two attached hydrogens (primary N) is 1. The fourth-order valence-corrected chi connectivity index (χ4v) is 1.94. The van der Waals surface area contributed by atoms with Crippen LogP contribution in [0.3, 0.4) is 0 Å². The van der Waals surface area contributed by atoms with Crippen molar-refractivity contribution in [2.45, 2.75) is 46.5 Å². The Morgan fingerprint density at radius 1 is 1.27 bits per heavy atom. The molecule has 1 aliphatic heterocycles. The van der Waals surface area contributed by atoms with Gasteiger partial charge in [-0.05, 0) is 44.8 Å². The molecule has 1 rings (SSSR count). The normalized spacial score (nSPS) is 17.3. The summed E-state index contributed by atoms with van der Waals surface area (Å²) in [5.74, 6) is 3.83. The van der Waals surface area contributed by atoms with Crippen LogP contribution in [0, 0.1) is 17.9 Å². The Labute approximate surface area is 95.2 Å². The fourth-order valence-electron chi connectivity index (χ4n) is 1.94. The third kappa shape index (κ3) is 6.41. The molecule has 1 fully saturated rings. The van der Waals surface area contributed by atoms with Crippen LogP contribution < -0.4 is 5.73 Å². The molecule has 0 aromatic carbocycles. The molecule has 0 unspecified atom stereocenters. The molecule has 0 bridgehead atoms. The highest BCUT2D eigenvalue weighted by atomic mass is 15.1.